The van der Waals surface area contributed by atoms with Crippen molar-refractivity contribution in [3.8, 4) is 0 Å². The van der Waals surface area contributed by atoms with Gasteiger partial charge in [0.2, 0.25) is 0 Å². The molecule has 0 aliphatic carbocycles. The first-order valence-corrected chi connectivity index (χ1v) is 5.28. The van der Waals surface area contributed by atoms with Crippen LogP contribution >= 0.6 is 11.3 Å². The molecule has 0 spiro atoms. The summed E-state index contributed by atoms with van der Waals surface area (Å²) in [5.74, 6) is -0.0368. The molecule has 2 rings (SSSR count). The van der Waals surface area contributed by atoms with Gasteiger partial charge in [-0.1, -0.05) is 0 Å². The van der Waals surface area contributed by atoms with Crippen LogP contribution in [0.5, 0.6) is 0 Å². The van der Waals surface area contributed by atoms with Crippen molar-refractivity contribution in [2.24, 2.45) is 0 Å². The fourth-order valence-electron chi connectivity index (χ4n) is 1.23. The van der Waals surface area contributed by atoms with E-state index >= 15 is 0 Å². The molecule has 0 aliphatic heterocycles. The molecule has 0 saturated heterocycles. The maximum Gasteiger partial charge on any atom is 0.170 e. The van der Waals surface area contributed by atoms with Gasteiger partial charge in [0.05, 0.1) is 23.3 Å². The van der Waals surface area contributed by atoms with Gasteiger partial charge in [-0.2, -0.15) is 0 Å². The van der Waals surface area contributed by atoms with E-state index in [0.29, 0.717) is 17.5 Å². The molecular weight excluding hydrogens is 212 g/mol. The van der Waals surface area contributed by atoms with Gasteiger partial charge in [0.25, 0.3) is 0 Å². The van der Waals surface area contributed by atoms with Crippen molar-refractivity contribution in [1.82, 2.24) is 9.97 Å². The number of hydrogen-bond acceptors (Lipinski definition) is 4. The first-order chi connectivity index (χ1) is 7.29. The second kappa shape index (κ2) is 4.18. The Hall–Kier alpha value is -1.75. The topological polar surface area (TPSA) is 62.8 Å². The van der Waals surface area contributed by atoms with Crippen molar-refractivity contribution in [2.45, 2.75) is 6.42 Å². The standard InChI is InChI=1S/C10H8N2O2S/c13-4-8-1-7(3-11-8)10(14)2-9-5-15-6-12-9/h1,3-6,11H,2H2. The monoisotopic (exact) mass is 220 g/mol. The highest BCUT2D eigenvalue weighted by molar-refractivity contribution is 7.07. The lowest BCUT2D eigenvalue weighted by molar-refractivity contribution is 0.0992. The Morgan fingerprint density at radius 1 is 1.60 bits per heavy atom. The number of Topliss-reactive ketones (excluding diaryl/α,β-unsaturated/α-hetero) is 1. The molecule has 0 fully saturated rings. The normalized spacial score (nSPS) is 10.1. The highest BCUT2D eigenvalue weighted by Gasteiger charge is 2.10. The smallest absolute Gasteiger partial charge is 0.170 e. The number of H-pyrrole nitrogens is 1. The Balaban J connectivity index is 2.11. The lowest BCUT2D eigenvalue weighted by atomic mass is 10.1. The summed E-state index contributed by atoms with van der Waals surface area (Å²) in [6, 6.07) is 1.54. The molecule has 0 aromatic carbocycles. The van der Waals surface area contributed by atoms with Crippen LogP contribution in [0, 0.1) is 0 Å². The Morgan fingerprint density at radius 2 is 2.47 bits per heavy atom. The fourth-order valence-corrected chi connectivity index (χ4v) is 1.79. The molecule has 4 nitrogen and oxygen atoms in total. The van der Waals surface area contributed by atoms with Gasteiger partial charge in [0, 0.05) is 17.1 Å². The number of aromatic amines is 1. The average Bonchev–Trinajstić information content (AvgIpc) is 2.86. The molecule has 0 unspecified atom stereocenters. The van der Waals surface area contributed by atoms with Crippen molar-refractivity contribution in [2.75, 3.05) is 0 Å². The number of nitrogens with one attached hydrogen (secondary N) is 1. The van der Waals surface area contributed by atoms with Crippen molar-refractivity contribution in [3.63, 3.8) is 0 Å². The molecule has 0 amide bonds. The maximum absolute atomic E-state index is 11.7. The van der Waals surface area contributed by atoms with E-state index in [-0.39, 0.29) is 12.2 Å². The van der Waals surface area contributed by atoms with Crippen LogP contribution < -0.4 is 0 Å². The van der Waals surface area contributed by atoms with E-state index in [1.54, 1.807) is 17.8 Å². The third-order valence-corrected chi connectivity index (χ3v) is 2.61. The van der Waals surface area contributed by atoms with E-state index in [1.165, 1.54) is 11.3 Å². The highest BCUT2D eigenvalue weighted by Crippen LogP contribution is 2.08. The number of nitrogens with zero attached hydrogens (tertiary/aromatic N) is 1. The minimum atomic E-state index is -0.0368. The summed E-state index contributed by atoms with van der Waals surface area (Å²) in [5, 5.41) is 1.84. The Kier molecular flexibility index (Phi) is 2.73. The number of thiazole rings is 1. The number of rotatable bonds is 4. The minimum Gasteiger partial charge on any atom is -0.358 e. The van der Waals surface area contributed by atoms with E-state index in [4.69, 9.17) is 0 Å². The van der Waals surface area contributed by atoms with E-state index in [2.05, 4.69) is 9.97 Å². The number of carbonyl (C=O) groups excluding carboxylic acids is 2. The SMILES string of the molecule is O=Cc1cc(C(=O)Cc2cscn2)c[nH]1. The zero-order valence-corrected chi connectivity index (χ0v) is 8.58. The Labute approximate surface area is 90.0 Å². The molecule has 0 saturated carbocycles. The predicted octanol–water partition coefficient (Wildman–Crippen LogP) is 1.71. The summed E-state index contributed by atoms with van der Waals surface area (Å²) in [5.41, 5.74) is 3.39. The largest absolute Gasteiger partial charge is 0.358 e. The van der Waals surface area contributed by atoms with Gasteiger partial charge in [0.1, 0.15) is 0 Å². The Bertz CT molecular complexity index is 473. The molecule has 15 heavy (non-hydrogen) atoms. The summed E-state index contributed by atoms with van der Waals surface area (Å²) in [6.07, 6.45) is 2.50. The highest BCUT2D eigenvalue weighted by atomic mass is 32.1. The van der Waals surface area contributed by atoms with Crippen LogP contribution in [0.4, 0.5) is 0 Å². The van der Waals surface area contributed by atoms with Gasteiger partial charge < -0.3 is 4.98 Å². The summed E-state index contributed by atoms with van der Waals surface area (Å²) in [4.78, 5) is 28.8. The maximum atomic E-state index is 11.7. The number of ketones is 1. The number of carbonyl (C=O) groups is 2. The lowest BCUT2D eigenvalue weighted by Crippen LogP contribution is -2.02. The third kappa shape index (κ3) is 2.19. The minimum absolute atomic E-state index is 0.0368. The van der Waals surface area contributed by atoms with Crippen LogP contribution in [0.25, 0.3) is 0 Å². The molecule has 2 aromatic rings. The van der Waals surface area contributed by atoms with Crippen LogP contribution in [0.1, 0.15) is 26.5 Å². The molecule has 0 bridgehead atoms. The number of hydrogen-bond donors (Lipinski definition) is 1. The van der Waals surface area contributed by atoms with Crippen LogP contribution in [0.2, 0.25) is 0 Å². The molecule has 2 heterocycles. The molecular formula is C10H8N2O2S. The lowest BCUT2D eigenvalue weighted by Gasteiger charge is -1.92. The molecule has 1 N–H and O–H groups in total. The third-order valence-electron chi connectivity index (χ3n) is 1.98. The zero-order chi connectivity index (χ0) is 10.7. The Morgan fingerprint density at radius 3 is 3.07 bits per heavy atom. The average molecular weight is 220 g/mol. The molecule has 76 valence electrons. The second-order valence-electron chi connectivity index (χ2n) is 3.04. The van der Waals surface area contributed by atoms with Gasteiger partial charge in [-0.05, 0) is 6.07 Å². The molecule has 2 aromatic heterocycles. The van der Waals surface area contributed by atoms with Crippen LogP contribution in [-0.4, -0.2) is 22.0 Å². The van der Waals surface area contributed by atoms with E-state index in [1.807, 2.05) is 5.38 Å². The summed E-state index contributed by atoms with van der Waals surface area (Å²) >= 11 is 1.46. The van der Waals surface area contributed by atoms with Crippen LogP contribution in [-0.2, 0) is 6.42 Å². The van der Waals surface area contributed by atoms with Crippen molar-refractivity contribution >= 4 is 23.4 Å². The summed E-state index contributed by atoms with van der Waals surface area (Å²) < 4.78 is 0. The van der Waals surface area contributed by atoms with Gasteiger partial charge in [-0.3, -0.25) is 9.59 Å². The molecule has 5 heteroatoms. The summed E-state index contributed by atoms with van der Waals surface area (Å²) in [6.45, 7) is 0. The van der Waals surface area contributed by atoms with E-state index in [0.717, 1.165) is 5.69 Å². The van der Waals surface area contributed by atoms with Gasteiger partial charge in [-0.15, -0.1) is 11.3 Å². The van der Waals surface area contributed by atoms with E-state index in [9.17, 15) is 9.59 Å². The summed E-state index contributed by atoms with van der Waals surface area (Å²) in [7, 11) is 0. The van der Waals surface area contributed by atoms with Crippen LogP contribution in [0.15, 0.2) is 23.2 Å². The molecule has 0 atom stereocenters. The first-order valence-electron chi connectivity index (χ1n) is 4.33. The van der Waals surface area contributed by atoms with Crippen molar-refractivity contribution in [1.29, 1.82) is 0 Å². The quantitative estimate of drug-likeness (QED) is 0.630. The second-order valence-corrected chi connectivity index (χ2v) is 3.76. The molecule has 0 aliphatic rings. The van der Waals surface area contributed by atoms with Gasteiger partial charge >= 0.3 is 0 Å². The molecule has 0 radical (unpaired) electrons. The van der Waals surface area contributed by atoms with Crippen LogP contribution in [0.3, 0.4) is 0 Å². The van der Waals surface area contributed by atoms with Crippen molar-refractivity contribution < 1.29 is 9.59 Å². The number of aldehydes is 1. The number of aromatic nitrogens is 2. The van der Waals surface area contributed by atoms with Crippen molar-refractivity contribution in [3.05, 3.63) is 40.1 Å². The van der Waals surface area contributed by atoms with E-state index < -0.39 is 0 Å². The predicted molar refractivity (Wildman–Crippen MR) is 56.3 cm³/mol. The zero-order valence-electron chi connectivity index (χ0n) is 7.77. The van der Waals surface area contributed by atoms with Gasteiger partial charge in [-0.25, -0.2) is 4.98 Å². The van der Waals surface area contributed by atoms with Gasteiger partial charge in [0.15, 0.2) is 12.1 Å². The first kappa shape index (κ1) is 9.79. The fraction of sp³-hybridized carbons (Fsp3) is 0.100.